The monoisotopic (exact) mass is 275 g/mol. The maximum atomic E-state index is 11.6. The average molecular weight is 275 g/mol. The lowest BCUT2D eigenvalue weighted by molar-refractivity contribution is 0.220. The molecular formula is C15H21N3O2. The van der Waals surface area contributed by atoms with Gasteiger partial charge in [0, 0.05) is 25.3 Å². The Kier molecular flexibility index (Phi) is 5.01. The Balaban J connectivity index is 1.86. The molecule has 20 heavy (non-hydrogen) atoms. The van der Waals surface area contributed by atoms with Gasteiger partial charge in [0.15, 0.2) is 0 Å². The summed E-state index contributed by atoms with van der Waals surface area (Å²) in [5, 5.41) is 14.3. The first kappa shape index (κ1) is 14.4. The minimum Gasteiger partial charge on any atom is -0.394 e. The van der Waals surface area contributed by atoms with Gasteiger partial charge in [-0.1, -0.05) is 24.3 Å². The Hall–Kier alpha value is -2.01. The summed E-state index contributed by atoms with van der Waals surface area (Å²) in [6.45, 7) is 4.03. The zero-order chi connectivity index (χ0) is 14.4. The zero-order valence-corrected chi connectivity index (χ0v) is 11.7. The molecule has 0 aliphatic carbocycles. The minimum absolute atomic E-state index is 0.0646. The van der Waals surface area contributed by atoms with Gasteiger partial charge in [-0.25, -0.2) is 4.79 Å². The van der Waals surface area contributed by atoms with E-state index in [1.165, 1.54) is 5.69 Å². The van der Waals surface area contributed by atoms with E-state index in [1.807, 2.05) is 12.1 Å². The molecule has 1 aliphatic rings. The van der Waals surface area contributed by atoms with Gasteiger partial charge in [-0.2, -0.15) is 0 Å². The van der Waals surface area contributed by atoms with Crippen molar-refractivity contribution in [3.8, 4) is 0 Å². The number of nitrogens with zero attached hydrogens (tertiary/aromatic N) is 1. The van der Waals surface area contributed by atoms with Crippen molar-refractivity contribution in [1.29, 1.82) is 0 Å². The van der Waals surface area contributed by atoms with Gasteiger partial charge in [-0.3, -0.25) is 0 Å². The minimum atomic E-state index is -0.264. The van der Waals surface area contributed by atoms with Gasteiger partial charge in [-0.05, 0) is 24.6 Å². The maximum Gasteiger partial charge on any atom is 0.315 e. The van der Waals surface area contributed by atoms with E-state index in [-0.39, 0.29) is 18.7 Å². The summed E-state index contributed by atoms with van der Waals surface area (Å²) in [6.07, 6.45) is 4.29. The molecule has 0 spiro atoms. The largest absolute Gasteiger partial charge is 0.394 e. The number of hydrogen-bond acceptors (Lipinski definition) is 3. The number of benzene rings is 1. The highest BCUT2D eigenvalue weighted by Crippen LogP contribution is 2.18. The summed E-state index contributed by atoms with van der Waals surface area (Å²) in [5.74, 6) is 0. The first-order valence-electron chi connectivity index (χ1n) is 6.83. The van der Waals surface area contributed by atoms with Gasteiger partial charge in [0.1, 0.15) is 0 Å². The summed E-state index contributed by atoms with van der Waals surface area (Å²) in [5.41, 5.74) is 2.22. The van der Waals surface area contributed by atoms with Crippen LogP contribution in [0.3, 0.4) is 0 Å². The van der Waals surface area contributed by atoms with Crippen LogP contribution in [-0.2, 0) is 6.54 Å². The van der Waals surface area contributed by atoms with Gasteiger partial charge in [0.2, 0.25) is 0 Å². The summed E-state index contributed by atoms with van der Waals surface area (Å²) < 4.78 is 0. The third-order valence-electron chi connectivity index (χ3n) is 3.20. The molecule has 1 aliphatic heterocycles. The molecule has 0 fully saturated rings. The molecule has 1 aromatic carbocycles. The fourth-order valence-electron chi connectivity index (χ4n) is 2.05. The van der Waals surface area contributed by atoms with Crippen LogP contribution in [0.25, 0.3) is 0 Å². The number of urea groups is 1. The van der Waals surface area contributed by atoms with Crippen LogP contribution < -0.4 is 15.5 Å². The van der Waals surface area contributed by atoms with E-state index in [9.17, 15) is 4.79 Å². The molecule has 0 bridgehead atoms. The molecule has 1 atom stereocenters. The van der Waals surface area contributed by atoms with E-state index >= 15 is 0 Å². The van der Waals surface area contributed by atoms with Gasteiger partial charge in [-0.15, -0.1) is 0 Å². The van der Waals surface area contributed by atoms with Crippen LogP contribution >= 0.6 is 0 Å². The van der Waals surface area contributed by atoms with E-state index in [2.05, 4.69) is 39.8 Å². The standard InChI is InChI=1S/C15H21N3O2/c1-12(11-19)17-15(20)16-10-13-5-4-6-14(9-13)18-7-2-3-8-18/h2-6,9,12,19H,7-8,10-11H2,1H3,(H2,16,17,20). The van der Waals surface area contributed by atoms with Crippen molar-refractivity contribution in [2.75, 3.05) is 24.6 Å². The molecule has 2 amide bonds. The Morgan fingerprint density at radius 1 is 1.40 bits per heavy atom. The van der Waals surface area contributed by atoms with Crippen LogP contribution in [0.1, 0.15) is 12.5 Å². The van der Waals surface area contributed by atoms with E-state index in [0.717, 1.165) is 18.7 Å². The molecule has 3 N–H and O–H groups in total. The number of amides is 2. The highest BCUT2D eigenvalue weighted by atomic mass is 16.3. The molecule has 108 valence electrons. The molecule has 2 rings (SSSR count). The normalized spacial score (nSPS) is 15.2. The fraction of sp³-hybridized carbons (Fsp3) is 0.400. The van der Waals surface area contributed by atoms with Crippen molar-refractivity contribution in [3.63, 3.8) is 0 Å². The van der Waals surface area contributed by atoms with Crippen molar-refractivity contribution in [2.24, 2.45) is 0 Å². The lowest BCUT2D eigenvalue weighted by Gasteiger charge is -2.18. The second-order valence-electron chi connectivity index (χ2n) is 4.96. The molecule has 0 aromatic heterocycles. The highest BCUT2D eigenvalue weighted by Gasteiger charge is 2.09. The first-order valence-corrected chi connectivity index (χ1v) is 6.83. The van der Waals surface area contributed by atoms with Crippen molar-refractivity contribution in [2.45, 2.75) is 19.5 Å². The second kappa shape index (κ2) is 6.96. The van der Waals surface area contributed by atoms with Gasteiger partial charge < -0.3 is 20.6 Å². The number of carbonyl (C=O) groups excluding carboxylic acids is 1. The Labute approximate surface area is 119 Å². The summed E-state index contributed by atoms with van der Waals surface area (Å²) in [6, 6.07) is 7.64. The number of anilines is 1. The van der Waals surface area contributed by atoms with Crippen molar-refractivity contribution in [1.82, 2.24) is 10.6 Å². The van der Waals surface area contributed by atoms with E-state index in [1.54, 1.807) is 6.92 Å². The van der Waals surface area contributed by atoms with Gasteiger partial charge in [0.05, 0.1) is 12.6 Å². The SMILES string of the molecule is CC(CO)NC(=O)NCc1cccc(N2CC=CC2)c1. The first-order chi connectivity index (χ1) is 9.69. The topological polar surface area (TPSA) is 64.6 Å². The van der Waals surface area contributed by atoms with E-state index < -0.39 is 0 Å². The molecule has 1 heterocycles. The number of aliphatic hydroxyl groups excluding tert-OH is 1. The molecular weight excluding hydrogens is 254 g/mol. The molecule has 0 saturated carbocycles. The maximum absolute atomic E-state index is 11.6. The van der Waals surface area contributed by atoms with Crippen molar-refractivity contribution in [3.05, 3.63) is 42.0 Å². The summed E-state index contributed by atoms with van der Waals surface area (Å²) in [4.78, 5) is 13.8. The molecule has 5 heteroatoms. The lowest BCUT2D eigenvalue weighted by atomic mass is 10.2. The molecule has 0 saturated heterocycles. The van der Waals surface area contributed by atoms with Gasteiger partial charge in [0.25, 0.3) is 0 Å². The predicted molar refractivity (Wildman–Crippen MR) is 79.7 cm³/mol. The fourth-order valence-corrected chi connectivity index (χ4v) is 2.05. The lowest BCUT2D eigenvalue weighted by Crippen LogP contribution is -2.41. The number of rotatable bonds is 5. The van der Waals surface area contributed by atoms with Crippen LogP contribution in [-0.4, -0.2) is 36.9 Å². The molecule has 0 radical (unpaired) electrons. The van der Waals surface area contributed by atoms with Crippen LogP contribution in [0.4, 0.5) is 10.5 Å². The summed E-state index contributed by atoms with van der Waals surface area (Å²) >= 11 is 0. The number of aliphatic hydroxyl groups is 1. The van der Waals surface area contributed by atoms with Crippen LogP contribution in [0.5, 0.6) is 0 Å². The van der Waals surface area contributed by atoms with E-state index in [4.69, 9.17) is 5.11 Å². The third-order valence-corrected chi connectivity index (χ3v) is 3.20. The third kappa shape index (κ3) is 3.99. The second-order valence-corrected chi connectivity index (χ2v) is 4.96. The summed E-state index contributed by atoms with van der Waals surface area (Å²) in [7, 11) is 0. The molecule has 5 nitrogen and oxygen atoms in total. The Morgan fingerprint density at radius 3 is 2.85 bits per heavy atom. The number of nitrogens with one attached hydrogen (secondary N) is 2. The average Bonchev–Trinajstić information content (AvgIpc) is 2.99. The Morgan fingerprint density at radius 2 is 2.15 bits per heavy atom. The van der Waals surface area contributed by atoms with E-state index in [0.29, 0.717) is 6.54 Å². The molecule has 1 aromatic rings. The van der Waals surface area contributed by atoms with Crippen LogP contribution in [0, 0.1) is 0 Å². The quantitative estimate of drug-likeness (QED) is 0.709. The number of hydrogen-bond donors (Lipinski definition) is 3. The van der Waals surface area contributed by atoms with Crippen molar-refractivity contribution >= 4 is 11.7 Å². The van der Waals surface area contributed by atoms with Crippen LogP contribution in [0.2, 0.25) is 0 Å². The van der Waals surface area contributed by atoms with Gasteiger partial charge >= 0.3 is 6.03 Å². The van der Waals surface area contributed by atoms with Crippen LogP contribution in [0.15, 0.2) is 36.4 Å². The zero-order valence-electron chi connectivity index (χ0n) is 11.7. The highest BCUT2D eigenvalue weighted by molar-refractivity contribution is 5.74. The molecule has 1 unspecified atom stereocenters. The smallest absolute Gasteiger partial charge is 0.315 e. The Bertz CT molecular complexity index is 480. The predicted octanol–water partition coefficient (Wildman–Crippen LogP) is 1.24. The number of carbonyl (C=O) groups is 1. The van der Waals surface area contributed by atoms with Crippen molar-refractivity contribution < 1.29 is 9.90 Å².